The normalized spacial score (nSPS) is 11.3. The fraction of sp³-hybridized carbons (Fsp3) is 0.143. The van der Waals surface area contributed by atoms with Crippen LogP contribution < -0.4 is 10.6 Å². The minimum atomic E-state index is 0.00922. The van der Waals surface area contributed by atoms with Crippen LogP contribution in [-0.2, 0) is 6.54 Å². The van der Waals surface area contributed by atoms with E-state index in [1.54, 1.807) is 6.07 Å². The summed E-state index contributed by atoms with van der Waals surface area (Å²) in [4.78, 5) is 6.35. The van der Waals surface area contributed by atoms with Gasteiger partial charge in [-0.05, 0) is 17.7 Å². The van der Waals surface area contributed by atoms with Crippen LogP contribution in [0.5, 0.6) is 0 Å². The number of hydrogen-bond donors (Lipinski definition) is 2. The average molecular weight is 256 g/mol. The maximum absolute atomic E-state index is 8.66. The molecule has 0 atom stereocenters. The first-order valence-corrected chi connectivity index (χ1v) is 5.90. The maximum atomic E-state index is 8.66. The molecule has 1 heterocycles. The van der Waals surface area contributed by atoms with Crippen molar-refractivity contribution in [3.63, 3.8) is 0 Å². The fourth-order valence-electron chi connectivity index (χ4n) is 1.77. The molecule has 0 aliphatic carbocycles. The highest BCUT2D eigenvalue weighted by atomic mass is 16.4. The lowest BCUT2D eigenvalue weighted by Crippen LogP contribution is -2.20. The SMILES string of the molecule is CN(Cc1ccccc1)c1cccc(C(N)=NO)n1. The number of aromatic nitrogens is 1. The first-order valence-electron chi connectivity index (χ1n) is 5.90. The summed E-state index contributed by atoms with van der Waals surface area (Å²) in [6, 6.07) is 15.5. The molecule has 0 unspecified atom stereocenters. The van der Waals surface area contributed by atoms with Crippen LogP contribution in [-0.4, -0.2) is 23.1 Å². The van der Waals surface area contributed by atoms with Gasteiger partial charge in [0.1, 0.15) is 11.5 Å². The predicted octanol–water partition coefficient (Wildman–Crippen LogP) is 1.81. The smallest absolute Gasteiger partial charge is 0.188 e. The largest absolute Gasteiger partial charge is 0.409 e. The van der Waals surface area contributed by atoms with E-state index in [1.807, 2.05) is 42.3 Å². The van der Waals surface area contributed by atoms with Crippen LogP contribution in [0.25, 0.3) is 0 Å². The molecule has 2 aromatic rings. The zero-order valence-corrected chi connectivity index (χ0v) is 10.7. The summed E-state index contributed by atoms with van der Waals surface area (Å²) in [5, 5.41) is 11.6. The Balaban J connectivity index is 2.17. The molecule has 0 aliphatic rings. The van der Waals surface area contributed by atoms with Crippen molar-refractivity contribution < 1.29 is 5.21 Å². The summed E-state index contributed by atoms with van der Waals surface area (Å²) < 4.78 is 0. The van der Waals surface area contributed by atoms with Gasteiger partial charge in [0.25, 0.3) is 0 Å². The molecular formula is C14H16N4O. The van der Waals surface area contributed by atoms with Crippen LogP contribution in [0.15, 0.2) is 53.7 Å². The van der Waals surface area contributed by atoms with Crippen molar-refractivity contribution in [1.82, 2.24) is 4.98 Å². The summed E-state index contributed by atoms with van der Waals surface area (Å²) >= 11 is 0. The van der Waals surface area contributed by atoms with Crippen LogP contribution >= 0.6 is 0 Å². The Bertz CT molecular complexity index is 569. The third kappa shape index (κ3) is 3.22. The predicted molar refractivity (Wildman–Crippen MR) is 75.3 cm³/mol. The van der Waals surface area contributed by atoms with Gasteiger partial charge >= 0.3 is 0 Å². The molecule has 0 spiro atoms. The fourth-order valence-corrected chi connectivity index (χ4v) is 1.77. The van der Waals surface area contributed by atoms with Crippen molar-refractivity contribution in [2.75, 3.05) is 11.9 Å². The highest BCUT2D eigenvalue weighted by molar-refractivity contribution is 5.95. The van der Waals surface area contributed by atoms with Gasteiger partial charge in [-0.2, -0.15) is 0 Å². The van der Waals surface area contributed by atoms with Gasteiger partial charge in [-0.3, -0.25) is 0 Å². The zero-order chi connectivity index (χ0) is 13.7. The number of benzene rings is 1. The Hall–Kier alpha value is -2.56. The number of nitrogens with zero attached hydrogens (tertiary/aromatic N) is 3. The second-order valence-corrected chi connectivity index (χ2v) is 4.21. The lowest BCUT2D eigenvalue weighted by atomic mass is 10.2. The van der Waals surface area contributed by atoms with Gasteiger partial charge in [0.15, 0.2) is 5.84 Å². The molecule has 0 radical (unpaired) electrons. The Kier molecular flexibility index (Phi) is 3.97. The highest BCUT2D eigenvalue weighted by Gasteiger charge is 2.06. The molecule has 1 aromatic heterocycles. The molecule has 5 nitrogen and oxygen atoms in total. The molecule has 3 N–H and O–H groups in total. The molecule has 0 amide bonds. The van der Waals surface area contributed by atoms with Crippen molar-refractivity contribution in [2.24, 2.45) is 10.9 Å². The van der Waals surface area contributed by atoms with Crippen molar-refractivity contribution in [1.29, 1.82) is 0 Å². The van der Waals surface area contributed by atoms with Crippen LogP contribution in [0, 0.1) is 0 Å². The second-order valence-electron chi connectivity index (χ2n) is 4.21. The minimum absolute atomic E-state index is 0.00922. The van der Waals surface area contributed by atoms with Crippen molar-refractivity contribution in [3.8, 4) is 0 Å². The summed E-state index contributed by atoms with van der Waals surface area (Å²) in [6.45, 7) is 0.744. The number of nitrogens with two attached hydrogens (primary N) is 1. The van der Waals surface area contributed by atoms with Crippen molar-refractivity contribution >= 4 is 11.7 Å². The number of pyridine rings is 1. The number of anilines is 1. The van der Waals surface area contributed by atoms with E-state index >= 15 is 0 Å². The lowest BCUT2D eigenvalue weighted by molar-refractivity contribution is 0.318. The monoisotopic (exact) mass is 256 g/mol. The Labute approximate surface area is 112 Å². The molecular weight excluding hydrogens is 240 g/mol. The first-order chi connectivity index (χ1) is 9.20. The summed E-state index contributed by atoms with van der Waals surface area (Å²) in [5.41, 5.74) is 7.19. The van der Waals surface area contributed by atoms with E-state index < -0.39 is 0 Å². The summed E-state index contributed by atoms with van der Waals surface area (Å²) in [5.74, 6) is 0.780. The number of amidine groups is 1. The van der Waals surface area contributed by atoms with Gasteiger partial charge in [0.05, 0.1) is 0 Å². The second kappa shape index (κ2) is 5.86. The Morgan fingerprint density at radius 2 is 1.95 bits per heavy atom. The van der Waals surface area contributed by atoms with Gasteiger partial charge in [-0.15, -0.1) is 0 Å². The van der Waals surface area contributed by atoms with Crippen LogP contribution in [0.4, 0.5) is 5.82 Å². The third-order valence-corrected chi connectivity index (χ3v) is 2.76. The van der Waals surface area contributed by atoms with E-state index in [1.165, 1.54) is 5.56 Å². The topological polar surface area (TPSA) is 74.7 Å². The zero-order valence-electron chi connectivity index (χ0n) is 10.7. The summed E-state index contributed by atoms with van der Waals surface area (Å²) in [7, 11) is 1.95. The molecule has 5 heteroatoms. The third-order valence-electron chi connectivity index (χ3n) is 2.76. The molecule has 2 rings (SSSR count). The van der Waals surface area contributed by atoms with E-state index in [4.69, 9.17) is 10.9 Å². The average Bonchev–Trinajstić information content (AvgIpc) is 2.47. The van der Waals surface area contributed by atoms with E-state index in [0.717, 1.165) is 12.4 Å². The van der Waals surface area contributed by atoms with Gasteiger partial charge in [0.2, 0.25) is 0 Å². The molecule has 19 heavy (non-hydrogen) atoms. The van der Waals surface area contributed by atoms with Gasteiger partial charge < -0.3 is 15.8 Å². The molecule has 0 bridgehead atoms. The molecule has 1 aromatic carbocycles. The summed E-state index contributed by atoms with van der Waals surface area (Å²) in [6.07, 6.45) is 0. The van der Waals surface area contributed by atoms with Gasteiger partial charge in [0, 0.05) is 13.6 Å². The van der Waals surface area contributed by atoms with E-state index in [2.05, 4.69) is 22.3 Å². The number of rotatable bonds is 4. The standard InChI is InChI=1S/C14H16N4O/c1-18(10-11-6-3-2-4-7-11)13-9-5-8-12(16-13)14(15)17-19/h2-9,19H,10H2,1H3,(H2,15,17). The van der Waals surface area contributed by atoms with E-state index in [-0.39, 0.29) is 5.84 Å². The van der Waals surface area contributed by atoms with Crippen molar-refractivity contribution in [2.45, 2.75) is 6.54 Å². The molecule has 0 fully saturated rings. The first kappa shape index (κ1) is 12.9. The van der Waals surface area contributed by atoms with Gasteiger partial charge in [-0.1, -0.05) is 41.6 Å². The molecule has 0 saturated carbocycles. The number of oxime groups is 1. The van der Waals surface area contributed by atoms with Crippen LogP contribution in [0.3, 0.4) is 0 Å². The molecule has 0 saturated heterocycles. The number of hydrogen-bond acceptors (Lipinski definition) is 4. The lowest BCUT2D eigenvalue weighted by Gasteiger charge is -2.18. The van der Waals surface area contributed by atoms with E-state index in [9.17, 15) is 0 Å². The quantitative estimate of drug-likeness (QED) is 0.378. The minimum Gasteiger partial charge on any atom is -0.409 e. The molecule has 0 aliphatic heterocycles. The van der Waals surface area contributed by atoms with Gasteiger partial charge in [-0.25, -0.2) is 4.98 Å². The highest BCUT2D eigenvalue weighted by Crippen LogP contribution is 2.13. The van der Waals surface area contributed by atoms with Crippen LogP contribution in [0.2, 0.25) is 0 Å². The van der Waals surface area contributed by atoms with Crippen molar-refractivity contribution in [3.05, 3.63) is 59.8 Å². The Morgan fingerprint density at radius 3 is 2.63 bits per heavy atom. The van der Waals surface area contributed by atoms with E-state index in [0.29, 0.717) is 5.69 Å². The van der Waals surface area contributed by atoms with Crippen LogP contribution in [0.1, 0.15) is 11.3 Å². The Morgan fingerprint density at radius 1 is 1.21 bits per heavy atom. The molecule has 98 valence electrons. The maximum Gasteiger partial charge on any atom is 0.188 e.